The van der Waals surface area contributed by atoms with Gasteiger partial charge in [0.2, 0.25) is 0 Å². The topological polar surface area (TPSA) is 55.3 Å². The molecule has 0 unspecified atom stereocenters. The lowest BCUT2D eigenvalue weighted by molar-refractivity contribution is 0.0598. The van der Waals surface area contributed by atoms with Gasteiger partial charge in [-0.15, -0.1) is 0 Å². The Morgan fingerprint density at radius 2 is 1.89 bits per heavy atom. The molecule has 1 aromatic heterocycles. The summed E-state index contributed by atoms with van der Waals surface area (Å²) in [5.74, 6) is 0.958. The molecule has 1 spiro atoms. The summed E-state index contributed by atoms with van der Waals surface area (Å²) < 4.78 is 5.32. The Bertz CT molecular complexity index is 399. The van der Waals surface area contributed by atoms with E-state index in [4.69, 9.17) is 10.3 Å². The second kappa shape index (κ2) is 5.63. The SMILES string of the molecule is NCc1cc(CN2CCC3(CCCCC3)CC2)on1. The van der Waals surface area contributed by atoms with Crippen LogP contribution in [0.25, 0.3) is 0 Å². The van der Waals surface area contributed by atoms with E-state index in [0.717, 1.165) is 18.0 Å². The molecule has 4 heteroatoms. The molecule has 0 bridgehead atoms. The fourth-order valence-corrected chi connectivity index (χ4v) is 3.73. The first-order valence-electron chi connectivity index (χ1n) is 7.67. The van der Waals surface area contributed by atoms with Crippen LogP contribution in [0.1, 0.15) is 56.4 Å². The van der Waals surface area contributed by atoms with E-state index in [2.05, 4.69) is 10.1 Å². The average molecular weight is 263 g/mol. The van der Waals surface area contributed by atoms with Gasteiger partial charge in [0.15, 0.2) is 5.76 Å². The molecule has 2 aliphatic rings. The lowest BCUT2D eigenvalue weighted by atomic mass is 9.68. The van der Waals surface area contributed by atoms with Gasteiger partial charge >= 0.3 is 0 Å². The molecule has 106 valence electrons. The van der Waals surface area contributed by atoms with Crippen molar-refractivity contribution in [1.29, 1.82) is 0 Å². The van der Waals surface area contributed by atoms with Gasteiger partial charge in [-0.1, -0.05) is 24.4 Å². The number of nitrogens with zero attached hydrogens (tertiary/aromatic N) is 2. The van der Waals surface area contributed by atoms with Crippen LogP contribution in [0.5, 0.6) is 0 Å². The van der Waals surface area contributed by atoms with Crippen molar-refractivity contribution in [3.05, 3.63) is 17.5 Å². The minimum Gasteiger partial charge on any atom is -0.360 e. The molecule has 0 atom stereocenters. The summed E-state index contributed by atoms with van der Waals surface area (Å²) in [7, 11) is 0. The van der Waals surface area contributed by atoms with E-state index in [1.54, 1.807) is 0 Å². The summed E-state index contributed by atoms with van der Waals surface area (Å²) in [4.78, 5) is 2.50. The molecule has 0 amide bonds. The Morgan fingerprint density at radius 1 is 1.16 bits per heavy atom. The molecule has 1 aromatic rings. The van der Waals surface area contributed by atoms with Crippen molar-refractivity contribution in [3.8, 4) is 0 Å². The van der Waals surface area contributed by atoms with Gasteiger partial charge in [0, 0.05) is 12.6 Å². The van der Waals surface area contributed by atoms with Crippen LogP contribution in [0.4, 0.5) is 0 Å². The third kappa shape index (κ3) is 3.00. The summed E-state index contributed by atoms with van der Waals surface area (Å²) in [5.41, 5.74) is 7.09. The monoisotopic (exact) mass is 263 g/mol. The Hall–Kier alpha value is -0.870. The molecule has 2 N–H and O–H groups in total. The number of likely N-dealkylation sites (tertiary alicyclic amines) is 1. The maximum Gasteiger partial charge on any atom is 0.151 e. The molecule has 3 rings (SSSR count). The van der Waals surface area contributed by atoms with Crippen LogP contribution in [0.2, 0.25) is 0 Å². The standard InChI is InChI=1S/C15H25N3O/c16-11-13-10-14(19-17-13)12-18-8-6-15(7-9-18)4-2-1-3-5-15/h10H,1-9,11-12,16H2. The van der Waals surface area contributed by atoms with Gasteiger partial charge in [0.25, 0.3) is 0 Å². The summed E-state index contributed by atoms with van der Waals surface area (Å²) in [6.45, 7) is 3.77. The van der Waals surface area contributed by atoms with Gasteiger partial charge < -0.3 is 10.3 Å². The van der Waals surface area contributed by atoms with Crippen molar-refractivity contribution < 1.29 is 4.52 Å². The van der Waals surface area contributed by atoms with Crippen molar-refractivity contribution in [2.24, 2.45) is 11.1 Å². The predicted octanol–water partition coefficient (Wildman–Crippen LogP) is 2.68. The third-order valence-electron chi connectivity index (χ3n) is 5.03. The Morgan fingerprint density at radius 3 is 2.53 bits per heavy atom. The second-order valence-corrected chi connectivity index (χ2v) is 6.33. The predicted molar refractivity (Wildman–Crippen MR) is 74.4 cm³/mol. The number of hydrogen-bond donors (Lipinski definition) is 1. The highest BCUT2D eigenvalue weighted by atomic mass is 16.5. The van der Waals surface area contributed by atoms with E-state index < -0.39 is 0 Å². The first kappa shape index (κ1) is 13.1. The molecule has 19 heavy (non-hydrogen) atoms. The van der Waals surface area contributed by atoms with E-state index in [-0.39, 0.29) is 0 Å². The van der Waals surface area contributed by atoms with Gasteiger partial charge in [-0.05, 0) is 44.2 Å². The number of piperidine rings is 1. The van der Waals surface area contributed by atoms with Crippen molar-refractivity contribution in [2.75, 3.05) is 13.1 Å². The fraction of sp³-hybridized carbons (Fsp3) is 0.800. The molecule has 1 aliphatic carbocycles. The molecule has 0 aromatic carbocycles. The summed E-state index contributed by atoms with van der Waals surface area (Å²) >= 11 is 0. The van der Waals surface area contributed by atoms with E-state index in [1.807, 2.05) is 6.07 Å². The van der Waals surface area contributed by atoms with Crippen molar-refractivity contribution in [3.63, 3.8) is 0 Å². The average Bonchev–Trinajstić information content (AvgIpc) is 2.90. The summed E-state index contributed by atoms with van der Waals surface area (Å²) in [6.07, 6.45) is 9.99. The number of hydrogen-bond acceptors (Lipinski definition) is 4. The fourth-order valence-electron chi connectivity index (χ4n) is 3.73. The van der Waals surface area contributed by atoms with Gasteiger partial charge in [-0.3, -0.25) is 4.90 Å². The van der Waals surface area contributed by atoms with E-state index >= 15 is 0 Å². The summed E-state index contributed by atoms with van der Waals surface area (Å²) in [5, 5.41) is 3.96. The number of aromatic nitrogens is 1. The third-order valence-corrected chi connectivity index (χ3v) is 5.03. The zero-order chi connectivity index (χ0) is 13.1. The molecule has 1 saturated carbocycles. The molecule has 2 fully saturated rings. The maximum atomic E-state index is 5.55. The van der Waals surface area contributed by atoms with Crippen LogP contribution in [-0.2, 0) is 13.1 Å². The van der Waals surface area contributed by atoms with Crippen LogP contribution < -0.4 is 5.73 Å². The largest absolute Gasteiger partial charge is 0.360 e. The highest BCUT2D eigenvalue weighted by molar-refractivity contribution is 5.05. The minimum atomic E-state index is 0.465. The highest BCUT2D eigenvalue weighted by Crippen LogP contribution is 2.44. The first-order chi connectivity index (χ1) is 9.30. The minimum absolute atomic E-state index is 0.465. The Kier molecular flexibility index (Phi) is 3.89. The molecule has 1 aliphatic heterocycles. The van der Waals surface area contributed by atoms with Crippen LogP contribution in [0.15, 0.2) is 10.6 Å². The van der Waals surface area contributed by atoms with Gasteiger partial charge in [0.1, 0.15) is 0 Å². The summed E-state index contributed by atoms with van der Waals surface area (Å²) in [6, 6.07) is 1.99. The quantitative estimate of drug-likeness (QED) is 0.911. The normalized spacial score (nSPS) is 23.8. The first-order valence-corrected chi connectivity index (χ1v) is 7.67. The lowest BCUT2D eigenvalue weighted by Gasteiger charge is -2.44. The van der Waals surface area contributed by atoms with Gasteiger partial charge in [-0.25, -0.2) is 0 Å². The van der Waals surface area contributed by atoms with Crippen LogP contribution in [0.3, 0.4) is 0 Å². The van der Waals surface area contributed by atoms with E-state index in [0.29, 0.717) is 12.0 Å². The molecule has 0 radical (unpaired) electrons. The number of nitrogens with two attached hydrogens (primary N) is 1. The van der Waals surface area contributed by atoms with Gasteiger partial charge in [-0.2, -0.15) is 0 Å². The zero-order valence-electron chi connectivity index (χ0n) is 11.7. The van der Waals surface area contributed by atoms with Crippen molar-refractivity contribution in [2.45, 2.75) is 58.0 Å². The highest BCUT2D eigenvalue weighted by Gasteiger charge is 2.35. The lowest BCUT2D eigenvalue weighted by Crippen LogP contribution is -2.40. The second-order valence-electron chi connectivity index (χ2n) is 6.33. The van der Waals surface area contributed by atoms with Crippen LogP contribution >= 0.6 is 0 Å². The van der Waals surface area contributed by atoms with Gasteiger partial charge in [0.05, 0.1) is 12.2 Å². The molecule has 2 heterocycles. The van der Waals surface area contributed by atoms with Crippen molar-refractivity contribution >= 4 is 0 Å². The molecule has 1 saturated heterocycles. The Balaban J connectivity index is 1.52. The molecular formula is C15H25N3O. The zero-order valence-corrected chi connectivity index (χ0v) is 11.7. The molecular weight excluding hydrogens is 238 g/mol. The maximum absolute atomic E-state index is 5.55. The Labute approximate surface area is 115 Å². The smallest absolute Gasteiger partial charge is 0.151 e. The molecule has 4 nitrogen and oxygen atoms in total. The van der Waals surface area contributed by atoms with Crippen molar-refractivity contribution in [1.82, 2.24) is 10.1 Å². The van der Waals surface area contributed by atoms with E-state index in [9.17, 15) is 0 Å². The van der Waals surface area contributed by atoms with E-state index in [1.165, 1.54) is 58.0 Å². The number of rotatable bonds is 3. The van der Waals surface area contributed by atoms with Crippen LogP contribution in [0, 0.1) is 5.41 Å². The van der Waals surface area contributed by atoms with Crippen LogP contribution in [-0.4, -0.2) is 23.1 Å².